The van der Waals surface area contributed by atoms with Gasteiger partial charge in [0.1, 0.15) is 6.10 Å². The Labute approximate surface area is 117 Å². The summed E-state index contributed by atoms with van der Waals surface area (Å²) in [6, 6.07) is 14.1. The highest BCUT2D eigenvalue weighted by Gasteiger charge is 2.14. The van der Waals surface area contributed by atoms with Crippen molar-refractivity contribution in [2.24, 2.45) is 0 Å². The Morgan fingerprint density at radius 2 is 1.78 bits per heavy atom. The first-order valence-electron chi connectivity index (χ1n) is 6.15. The van der Waals surface area contributed by atoms with Gasteiger partial charge >= 0.3 is 0 Å². The van der Waals surface area contributed by atoms with Gasteiger partial charge in [0.15, 0.2) is 0 Å². The van der Waals surface area contributed by atoms with Crippen LogP contribution in [0.4, 0.5) is 0 Å². The molecule has 0 aliphatic carbocycles. The molecule has 18 heavy (non-hydrogen) atoms. The van der Waals surface area contributed by atoms with Gasteiger partial charge in [0.25, 0.3) is 0 Å². The van der Waals surface area contributed by atoms with Crippen LogP contribution in [0.2, 0.25) is 0 Å². The van der Waals surface area contributed by atoms with Crippen LogP contribution in [0.1, 0.15) is 35.3 Å². The molecule has 0 saturated carbocycles. The Balaban J connectivity index is 2.35. The first-order chi connectivity index (χ1) is 8.63. The largest absolute Gasteiger partial charge is 0.384 e. The second kappa shape index (κ2) is 5.68. The van der Waals surface area contributed by atoms with E-state index in [1.165, 1.54) is 5.56 Å². The molecule has 1 N–H and O–H groups in total. The molecule has 94 valence electrons. The predicted octanol–water partition coefficient (Wildman–Crippen LogP) is 4.40. The molecule has 0 aliphatic rings. The van der Waals surface area contributed by atoms with Gasteiger partial charge in [-0.3, -0.25) is 0 Å². The first-order valence-corrected chi connectivity index (χ1v) is 6.94. The maximum atomic E-state index is 10.4. The molecule has 2 aromatic carbocycles. The SMILES string of the molecule is CCc1ccc(C(O)c2cccc(C)c2Br)cc1. The van der Waals surface area contributed by atoms with E-state index in [0.717, 1.165) is 27.6 Å². The number of halogens is 1. The third kappa shape index (κ3) is 2.65. The molecule has 0 fully saturated rings. The Kier molecular flexibility index (Phi) is 4.20. The number of aliphatic hydroxyl groups excluding tert-OH is 1. The number of hydrogen-bond donors (Lipinski definition) is 1. The molecule has 1 unspecified atom stereocenters. The average molecular weight is 305 g/mol. The minimum Gasteiger partial charge on any atom is -0.384 e. The van der Waals surface area contributed by atoms with Crippen molar-refractivity contribution in [2.75, 3.05) is 0 Å². The lowest BCUT2D eigenvalue weighted by molar-refractivity contribution is 0.219. The van der Waals surface area contributed by atoms with Gasteiger partial charge in [-0.15, -0.1) is 0 Å². The highest BCUT2D eigenvalue weighted by molar-refractivity contribution is 9.10. The van der Waals surface area contributed by atoms with E-state index in [1.54, 1.807) is 0 Å². The highest BCUT2D eigenvalue weighted by atomic mass is 79.9. The molecule has 2 heteroatoms. The molecule has 1 atom stereocenters. The van der Waals surface area contributed by atoms with Gasteiger partial charge in [-0.25, -0.2) is 0 Å². The summed E-state index contributed by atoms with van der Waals surface area (Å²) < 4.78 is 0.983. The standard InChI is InChI=1S/C16H17BrO/c1-3-12-7-9-13(10-8-12)16(18)14-6-4-5-11(2)15(14)17/h4-10,16,18H,3H2,1-2H3. The van der Waals surface area contributed by atoms with E-state index >= 15 is 0 Å². The maximum absolute atomic E-state index is 10.4. The van der Waals surface area contributed by atoms with Crippen LogP contribution in [0.3, 0.4) is 0 Å². The molecule has 0 radical (unpaired) electrons. The van der Waals surface area contributed by atoms with Crippen LogP contribution in [-0.2, 0) is 6.42 Å². The quantitative estimate of drug-likeness (QED) is 0.891. The first kappa shape index (κ1) is 13.3. The van der Waals surface area contributed by atoms with Crippen LogP contribution in [0, 0.1) is 6.92 Å². The second-order valence-corrected chi connectivity index (χ2v) is 5.27. The molecule has 0 spiro atoms. The van der Waals surface area contributed by atoms with Crippen molar-refractivity contribution in [3.05, 3.63) is 69.2 Å². The summed E-state index contributed by atoms with van der Waals surface area (Å²) in [5, 5.41) is 10.4. The summed E-state index contributed by atoms with van der Waals surface area (Å²) in [7, 11) is 0. The Bertz CT molecular complexity index is 531. The third-order valence-electron chi connectivity index (χ3n) is 3.22. The van der Waals surface area contributed by atoms with Crippen molar-refractivity contribution in [3.8, 4) is 0 Å². The van der Waals surface area contributed by atoms with Crippen molar-refractivity contribution in [1.29, 1.82) is 0 Å². The topological polar surface area (TPSA) is 20.2 Å². The smallest absolute Gasteiger partial charge is 0.105 e. The Morgan fingerprint density at radius 3 is 2.39 bits per heavy atom. The molecular formula is C16H17BrO. The van der Waals surface area contributed by atoms with Crippen LogP contribution >= 0.6 is 15.9 Å². The van der Waals surface area contributed by atoms with E-state index in [2.05, 4.69) is 35.0 Å². The van der Waals surface area contributed by atoms with E-state index in [4.69, 9.17) is 0 Å². The highest BCUT2D eigenvalue weighted by Crippen LogP contribution is 2.30. The molecule has 0 aromatic heterocycles. The zero-order valence-corrected chi connectivity index (χ0v) is 12.2. The van der Waals surface area contributed by atoms with Gasteiger partial charge in [-0.2, -0.15) is 0 Å². The minimum atomic E-state index is -0.579. The maximum Gasteiger partial charge on any atom is 0.105 e. The van der Waals surface area contributed by atoms with Crippen molar-refractivity contribution in [3.63, 3.8) is 0 Å². The Morgan fingerprint density at radius 1 is 1.11 bits per heavy atom. The zero-order valence-electron chi connectivity index (χ0n) is 10.7. The third-order valence-corrected chi connectivity index (χ3v) is 4.30. The number of aliphatic hydroxyl groups is 1. The number of rotatable bonds is 3. The number of benzene rings is 2. The molecule has 0 saturated heterocycles. The summed E-state index contributed by atoms with van der Waals surface area (Å²) in [6.45, 7) is 4.16. The van der Waals surface area contributed by atoms with Crippen LogP contribution in [-0.4, -0.2) is 5.11 Å². The molecule has 1 nitrogen and oxygen atoms in total. The van der Waals surface area contributed by atoms with Gasteiger partial charge in [-0.05, 0) is 35.6 Å². The average Bonchev–Trinajstić information content (AvgIpc) is 2.41. The van der Waals surface area contributed by atoms with Crippen molar-refractivity contribution in [1.82, 2.24) is 0 Å². The van der Waals surface area contributed by atoms with Crippen molar-refractivity contribution < 1.29 is 5.11 Å². The van der Waals surface area contributed by atoms with Crippen LogP contribution < -0.4 is 0 Å². The summed E-state index contributed by atoms with van der Waals surface area (Å²) in [4.78, 5) is 0. The molecule has 0 amide bonds. The summed E-state index contributed by atoms with van der Waals surface area (Å²) >= 11 is 3.55. The van der Waals surface area contributed by atoms with E-state index in [0.29, 0.717) is 0 Å². The second-order valence-electron chi connectivity index (χ2n) is 4.48. The van der Waals surface area contributed by atoms with Crippen molar-refractivity contribution >= 4 is 15.9 Å². The monoisotopic (exact) mass is 304 g/mol. The fraction of sp³-hybridized carbons (Fsp3) is 0.250. The molecule has 0 heterocycles. The zero-order chi connectivity index (χ0) is 13.1. The fourth-order valence-corrected chi connectivity index (χ4v) is 2.48. The van der Waals surface area contributed by atoms with Crippen molar-refractivity contribution in [2.45, 2.75) is 26.4 Å². The van der Waals surface area contributed by atoms with E-state index in [1.807, 2.05) is 37.3 Å². The van der Waals surface area contributed by atoms with Crippen LogP contribution in [0.25, 0.3) is 0 Å². The van der Waals surface area contributed by atoms with Crippen LogP contribution in [0.5, 0.6) is 0 Å². The molecule has 2 rings (SSSR count). The van der Waals surface area contributed by atoms with Crippen LogP contribution in [0.15, 0.2) is 46.9 Å². The van der Waals surface area contributed by atoms with Gasteiger partial charge in [-0.1, -0.05) is 65.3 Å². The summed E-state index contributed by atoms with van der Waals surface area (Å²) in [5.41, 5.74) is 4.27. The van der Waals surface area contributed by atoms with Gasteiger partial charge in [0.05, 0.1) is 0 Å². The van der Waals surface area contributed by atoms with Gasteiger partial charge in [0.2, 0.25) is 0 Å². The molecule has 2 aromatic rings. The summed E-state index contributed by atoms with van der Waals surface area (Å²) in [5.74, 6) is 0. The summed E-state index contributed by atoms with van der Waals surface area (Å²) in [6.07, 6.45) is 0.440. The number of aryl methyl sites for hydroxylation is 2. The molecule has 0 bridgehead atoms. The van der Waals surface area contributed by atoms with E-state index in [9.17, 15) is 5.11 Å². The number of hydrogen-bond acceptors (Lipinski definition) is 1. The molecular weight excluding hydrogens is 288 g/mol. The lowest BCUT2D eigenvalue weighted by Gasteiger charge is -2.15. The van der Waals surface area contributed by atoms with E-state index < -0.39 is 6.10 Å². The normalized spacial score (nSPS) is 12.4. The lowest BCUT2D eigenvalue weighted by Crippen LogP contribution is -2.01. The van der Waals surface area contributed by atoms with E-state index in [-0.39, 0.29) is 0 Å². The lowest BCUT2D eigenvalue weighted by atomic mass is 9.99. The molecule has 0 aliphatic heterocycles. The van der Waals surface area contributed by atoms with Gasteiger partial charge in [0, 0.05) is 4.47 Å². The fourth-order valence-electron chi connectivity index (χ4n) is 2.00. The predicted molar refractivity (Wildman–Crippen MR) is 78.8 cm³/mol. The van der Waals surface area contributed by atoms with Gasteiger partial charge < -0.3 is 5.11 Å². The minimum absolute atomic E-state index is 0.579. The Hall–Kier alpha value is -1.12.